The number of hydrogen-bond donors (Lipinski definition) is 2. The van der Waals surface area contributed by atoms with Crippen molar-refractivity contribution in [3.8, 4) is 0 Å². The quantitative estimate of drug-likeness (QED) is 0.865. The van der Waals surface area contributed by atoms with Crippen LogP contribution in [0.5, 0.6) is 0 Å². The zero-order valence-electron chi connectivity index (χ0n) is 10.4. The average Bonchev–Trinajstić information content (AvgIpc) is 2.43. The Morgan fingerprint density at radius 1 is 0.947 bits per heavy atom. The van der Waals surface area contributed by atoms with E-state index in [0.29, 0.717) is 0 Å². The number of benzene rings is 2. The van der Waals surface area contributed by atoms with Crippen molar-refractivity contribution in [2.24, 2.45) is 0 Å². The Hall–Kier alpha value is -0.870. The van der Waals surface area contributed by atoms with Gasteiger partial charge in [-0.05, 0) is 44.8 Å². The van der Waals surface area contributed by atoms with Gasteiger partial charge in [0, 0.05) is 17.6 Å². The molecule has 0 heterocycles. The molecule has 0 saturated carbocycles. The maximum absolute atomic E-state index is 8.97. The first-order valence-corrected chi connectivity index (χ1v) is 7.19. The zero-order chi connectivity index (χ0) is 13.7. The van der Waals surface area contributed by atoms with Crippen LogP contribution in [-0.2, 0) is 19.7 Å². The predicted molar refractivity (Wildman–Crippen MR) is 82.1 cm³/mol. The van der Waals surface area contributed by atoms with Gasteiger partial charge in [-0.25, -0.2) is 0 Å². The highest BCUT2D eigenvalue weighted by Crippen LogP contribution is 2.23. The van der Waals surface area contributed by atoms with Crippen LogP contribution in [-0.4, -0.2) is 5.11 Å². The molecule has 0 aliphatic rings. The molecule has 0 bridgehead atoms. The maximum atomic E-state index is 8.97. The molecule has 0 fully saturated rings. The third kappa shape index (κ3) is 4.32. The minimum atomic E-state index is 0.0898. The number of nitrogens with one attached hydrogen (secondary N) is 1. The van der Waals surface area contributed by atoms with E-state index in [9.17, 15) is 0 Å². The molecule has 2 aromatic carbocycles. The summed E-state index contributed by atoms with van der Waals surface area (Å²) in [5.41, 5.74) is 3.32. The van der Waals surface area contributed by atoms with E-state index in [2.05, 4.69) is 21.2 Å². The highest BCUT2D eigenvalue weighted by molar-refractivity contribution is 9.10. The number of halogens is 2. The third-order valence-corrected chi connectivity index (χ3v) is 4.06. The summed E-state index contributed by atoms with van der Waals surface area (Å²) in [6, 6.07) is 13.8. The molecule has 2 nitrogen and oxygen atoms in total. The van der Waals surface area contributed by atoms with Gasteiger partial charge in [0.2, 0.25) is 0 Å². The van der Waals surface area contributed by atoms with Crippen molar-refractivity contribution >= 4 is 27.5 Å². The molecule has 19 heavy (non-hydrogen) atoms. The normalized spacial score (nSPS) is 10.7. The predicted octanol–water partition coefficient (Wildman–Crippen LogP) is 3.88. The van der Waals surface area contributed by atoms with E-state index in [0.717, 1.165) is 28.1 Å². The van der Waals surface area contributed by atoms with E-state index >= 15 is 0 Å². The summed E-state index contributed by atoms with van der Waals surface area (Å²) in [5.74, 6) is 0. The Morgan fingerprint density at radius 2 is 1.53 bits per heavy atom. The van der Waals surface area contributed by atoms with Crippen LogP contribution in [0.4, 0.5) is 0 Å². The fourth-order valence-electron chi connectivity index (χ4n) is 1.76. The molecule has 0 atom stereocenters. The van der Waals surface area contributed by atoms with Gasteiger partial charge in [-0.1, -0.05) is 41.9 Å². The van der Waals surface area contributed by atoms with Crippen LogP contribution in [0, 0.1) is 0 Å². The molecule has 0 aliphatic carbocycles. The molecule has 0 unspecified atom stereocenters. The molecule has 100 valence electrons. The Labute approximate surface area is 126 Å². The van der Waals surface area contributed by atoms with Crippen LogP contribution in [0.25, 0.3) is 0 Å². The second-order valence-corrected chi connectivity index (χ2v) is 5.59. The van der Waals surface area contributed by atoms with Gasteiger partial charge >= 0.3 is 0 Å². The Kier molecular flexibility index (Phi) is 5.40. The van der Waals surface area contributed by atoms with E-state index in [1.54, 1.807) is 0 Å². The Balaban J connectivity index is 1.86. The molecule has 0 aliphatic heterocycles. The first kappa shape index (κ1) is 14.5. The van der Waals surface area contributed by atoms with Crippen molar-refractivity contribution in [2.75, 3.05) is 0 Å². The Bertz CT molecular complexity index is 542. The summed E-state index contributed by atoms with van der Waals surface area (Å²) in [4.78, 5) is 0. The van der Waals surface area contributed by atoms with E-state index in [1.807, 2.05) is 42.5 Å². The van der Waals surface area contributed by atoms with Crippen molar-refractivity contribution < 1.29 is 5.11 Å². The topological polar surface area (TPSA) is 32.3 Å². The van der Waals surface area contributed by atoms with E-state index in [-0.39, 0.29) is 6.61 Å². The molecule has 0 saturated heterocycles. The molecular weight excluding hydrogens is 326 g/mol. The number of aliphatic hydroxyl groups excluding tert-OH is 1. The van der Waals surface area contributed by atoms with Crippen molar-refractivity contribution in [2.45, 2.75) is 19.7 Å². The minimum Gasteiger partial charge on any atom is -0.392 e. The second-order valence-electron chi connectivity index (χ2n) is 4.33. The molecule has 4 heteroatoms. The van der Waals surface area contributed by atoms with E-state index in [1.165, 1.54) is 11.1 Å². The molecule has 2 aromatic rings. The summed E-state index contributed by atoms with van der Waals surface area (Å²) in [7, 11) is 0. The van der Waals surface area contributed by atoms with Gasteiger partial charge in [-0.2, -0.15) is 0 Å². The fourth-order valence-corrected chi connectivity index (χ4v) is 2.31. The van der Waals surface area contributed by atoms with Crippen molar-refractivity contribution in [3.05, 3.63) is 68.7 Å². The van der Waals surface area contributed by atoms with Gasteiger partial charge in [0.05, 0.1) is 11.6 Å². The SMILES string of the molecule is OCc1ccc(CNCc2ccc(Cl)c(Br)c2)cc1. The minimum absolute atomic E-state index is 0.0898. The highest BCUT2D eigenvalue weighted by atomic mass is 79.9. The molecule has 0 spiro atoms. The zero-order valence-corrected chi connectivity index (χ0v) is 12.7. The molecule has 2 rings (SSSR count). The summed E-state index contributed by atoms with van der Waals surface area (Å²) >= 11 is 9.37. The standard InChI is InChI=1S/C15H15BrClNO/c16-14-7-13(5-6-15(14)17)9-18-8-11-1-3-12(10-19)4-2-11/h1-7,18-19H,8-10H2. The molecule has 2 N–H and O–H groups in total. The van der Waals surface area contributed by atoms with Gasteiger partial charge in [-0.15, -0.1) is 0 Å². The summed E-state index contributed by atoms with van der Waals surface area (Å²) in [5, 5.41) is 13.1. The van der Waals surface area contributed by atoms with Gasteiger partial charge in [0.15, 0.2) is 0 Å². The van der Waals surface area contributed by atoms with Gasteiger partial charge < -0.3 is 10.4 Å². The monoisotopic (exact) mass is 339 g/mol. The largest absolute Gasteiger partial charge is 0.392 e. The van der Waals surface area contributed by atoms with Crippen LogP contribution >= 0.6 is 27.5 Å². The summed E-state index contributed by atoms with van der Waals surface area (Å²) < 4.78 is 0.917. The van der Waals surface area contributed by atoms with Gasteiger partial charge in [-0.3, -0.25) is 0 Å². The molecule has 0 radical (unpaired) electrons. The third-order valence-electron chi connectivity index (χ3n) is 2.85. The van der Waals surface area contributed by atoms with Crippen LogP contribution in [0.3, 0.4) is 0 Å². The first-order valence-electron chi connectivity index (χ1n) is 6.02. The number of hydrogen-bond acceptors (Lipinski definition) is 2. The number of aliphatic hydroxyl groups is 1. The van der Waals surface area contributed by atoms with Crippen molar-refractivity contribution in [1.82, 2.24) is 5.32 Å². The Morgan fingerprint density at radius 3 is 2.16 bits per heavy atom. The lowest BCUT2D eigenvalue weighted by molar-refractivity contribution is 0.282. The van der Waals surface area contributed by atoms with Crippen molar-refractivity contribution in [3.63, 3.8) is 0 Å². The lowest BCUT2D eigenvalue weighted by Gasteiger charge is -2.07. The summed E-state index contributed by atoms with van der Waals surface area (Å²) in [6.07, 6.45) is 0. The highest BCUT2D eigenvalue weighted by Gasteiger charge is 1.99. The second kappa shape index (κ2) is 7.06. The summed E-state index contributed by atoms with van der Waals surface area (Å²) in [6.45, 7) is 1.68. The van der Waals surface area contributed by atoms with Gasteiger partial charge in [0.25, 0.3) is 0 Å². The van der Waals surface area contributed by atoms with Crippen LogP contribution < -0.4 is 5.32 Å². The lowest BCUT2D eigenvalue weighted by atomic mass is 10.1. The van der Waals surface area contributed by atoms with Crippen LogP contribution in [0.15, 0.2) is 46.9 Å². The maximum Gasteiger partial charge on any atom is 0.0681 e. The van der Waals surface area contributed by atoms with E-state index in [4.69, 9.17) is 16.7 Å². The van der Waals surface area contributed by atoms with Crippen molar-refractivity contribution in [1.29, 1.82) is 0 Å². The lowest BCUT2D eigenvalue weighted by Crippen LogP contribution is -2.12. The molecule has 0 amide bonds. The fraction of sp³-hybridized carbons (Fsp3) is 0.200. The van der Waals surface area contributed by atoms with Crippen LogP contribution in [0.2, 0.25) is 5.02 Å². The van der Waals surface area contributed by atoms with Gasteiger partial charge in [0.1, 0.15) is 0 Å². The smallest absolute Gasteiger partial charge is 0.0681 e. The molecular formula is C15H15BrClNO. The average molecular weight is 341 g/mol. The van der Waals surface area contributed by atoms with Crippen LogP contribution in [0.1, 0.15) is 16.7 Å². The number of rotatable bonds is 5. The molecule has 0 aromatic heterocycles. The first-order chi connectivity index (χ1) is 9.19. The van der Waals surface area contributed by atoms with E-state index < -0.39 is 0 Å².